The Labute approximate surface area is 223 Å². The van der Waals surface area contributed by atoms with E-state index in [1.54, 1.807) is 37.3 Å². The van der Waals surface area contributed by atoms with Crippen LogP contribution >= 0.6 is 11.8 Å². The standard InChI is InChI=1S/C22H27F3N4O6S3/c1-2-17(20(36-15-6-4-3-5-7-15)35-21(30)29-12-10-27-11-13-29)28-18-9-8-16(38(26,33)34)14-19(18)37(31,32)22(23,24)25/h3-9,14,17,20,27-28H,2,10-13H2,1H3,(H2,26,33,34)/t17-,20?/m1/s1. The molecule has 2 aromatic carbocycles. The van der Waals surface area contributed by atoms with Crippen molar-refractivity contribution in [2.24, 2.45) is 5.14 Å². The fourth-order valence-electron chi connectivity index (χ4n) is 3.55. The van der Waals surface area contributed by atoms with E-state index < -0.39 is 58.4 Å². The molecule has 1 amide bonds. The van der Waals surface area contributed by atoms with Gasteiger partial charge in [-0.1, -0.05) is 36.9 Å². The molecule has 38 heavy (non-hydrogen) atoms. The minimum Gasteiger partial charge on any atom is -0.432 e. The molecule has 4 N–H and O–H groups in total. The van der Waals surface area contributed by atoms with Crippen molar-refractivity contribution in [3.63, 3.8) is 0 Å². The molecule has 2 atom stereocenters. The van der Waals surface area contributed by atoms with Crippen molar-refractivity contribution in [3.05, 3.63) is 48.5 Å². The first-order valence-electron chi connectivity index (χ1n) is 11.4. The number of benzene rings is 2. The summed E-state index contributed by atoms with van der Waals surface area (Å²) >= 11 is 1.12. The first-order valence-corrected chi connectivity index (χ1v) is 15.3. The summed E-state index contributed by atoms with van der Waals surface area (Å²) in [6.07, 6.45) is -0.435. The predicted octanol–water partition coefficient (Wildman–Crippen LogP) is 2.98. The molecule has 1 fully saturated rings. The van der Waals surface area contributed by atoms with E-state index in [1.165, 1.54) is 4.90 Å². The molecule has 0 bridgehead atoms. The van der Waals surface area contributed by atoms with Gasteiger partial charge in [-0.15, -0.1) is 0 Å². The van der Waals surface area contributed by atoms with Crippen molar-refractivity contribution in [2.45, 2.75) is 45.0 Å². The van der Waals surface area contributed by atoms with Crippen LogP contribution in [0, 0.1) is 0 Å². The summed E-state index contributed by atoms with van der Waals surface area (Å²) in [6, 6.07) is 10.1. The van der Waals surface area contributed by atoms with E-state index in [9.17, 15) is 34.8 Å². The average molecular weight is 597 g/mol. The zero-order valence-electron chi connectivity index (χ0n) is 20.1. The molecule has 0 aliphatic carbocycles. The summed E-state index contributed by atoms with van der Waals surface area (Å²) in [4.78, 5) is 13.0. The lowest BCUT2D eigenvalue weighted by molar-refractivity contribution is -0.0435. The molecule has 1 aliphatic heterocycles. The number of halogens is 3. The fraction of sp³-hybridized carbons (Fsp3) is 0.409. The number of alkyl halides is 3. The molecule has 1 heterocycles. The first-order chi connectivity index (χ1) is 17.7. The quantitative estimate of drug-likeness (QED) is 0.294. The first kappa shape index (κ1) is 30.0. The van der Waals surface area contributed by atoms with Gasteiger partial charge in [0, 0.05) is 31.1 Å². The number of carbonyl (C=O) groups is 1. The number of nitrogens with zero attached hydrogens (tertiary/aromatic N) is 1. The Kier molecular flexibility index (Phi) is 9.57. The van der Waals surface area contributed by atoms with Crippen LogP contribution in [0.3, 0.4) is 0 Å². The molecule has 0 saturated carbocycles. The molecule has 0 spiro atoms. The zero-order valence-corrected chi connectivity index (χ0v) is 22.6. The summed E-state index contributed by atoms with van der Waals surface area (Å²) < 4.78 is 94.5. The summed E-state index contributed by atoms with van der Waals surface area (Å²) in [6.45, 7) is 3.60. The third kappa shape index (κ3) is 7.31. The molecule has 210 valence electrons. The van der Waals surface area contributed by atoms with Crippen LogP contribution in [-0.4, -0.2) is 71.0 Å². The number of carbonyl (C=O) groups excluding carboxylic acids is 1. The third-order valence-electron chi connectivity index (χ3n) is 5.57. The van der Waals surface area contributed by atoms with Crippen molar-refractivity contribution in [1.29, 1.82) is 0 Å². The number of ether oxygens (including phenoxy) is 1. The van der Waals surface area contributed by atoms with Gasteiger partial charge in [0.2, 0.25) is 10.0 Å². The predicted molar refractivity (Wildman–Crippen MR) is 136 cm³/mol. The van der Waals surface area contributed by atoms with E-state index in [1.807, 2.05) is 0 Å². The lowest BCUT2D eigenvalue weighted by Gasteiger charge is -2.32. The van der Waals surface area contributed by atoms with Crippen molar-refractivity contribution >= 4 is 43.4 Å². The molecule has 1 saturated heterocycles. The third-order valence-corrected chi connectivity index (χ3v) is 9.21. The van der Waals surface area contributed by atoms with Crippen molar-refractivity contribution in [1.82, 2.24) is 10.2 Å². The molecule has 16 heteroatoms. The number of rotatable bonds is 9. The van der Waals surface area contributed by atoms with Crippen LogP contribution in [0.1, 0.15) is 13.3 Å². The van der Waals surface area contributed by atoms with Crippen molar-refractivity contribution in [3.8, 4) is 0 Å². The van der Waals surface area contributed by atoms with E-state index in [2.05, 4.69) is 10.6 Å². The average Bonchev–Trinajstić information content (AvgIpc) is 2.86. The Hall–Kier alpha value is -2.53. The monoisotopic (exact) mass is 596 g/mol. The maximum atomic E-state index is 13.5. The highest BCUT2D eigenvalue weighted by Crippen LogP contribution is 2.37. The maximum absolute atomic E-state index is 13.5. The van der Waals surface area contributed by atoms with E-state index in [-0.39, 0.29) is 6.42 Å². The van der Waals surface area contributed by atoms with Gasteiger partial charge in [-0.2, -0.15) is 13.2 Å². The molecule has 0 radical (unpaired) electrons. The largest absolute Gasteiger partial charge is 0.501 e. The summed E-state index contributed by atoms with van der Waals surface area (Å²) in [5.74, 6) is 0. The SMILES string of the molecule is CC[C@@H](Nc1ccc(S(N)(=O)=O)cc1S(=O)(=O)C(F)(F)F)C(OC(=O)N1CCNCC1)Sc1ccccc1. The number of thioether (sulfide) groups is 1. The Morgan fingerprint density at radius 1 is 1.13 bits per heavy atom. The molecule has 10 nitrogen and oxygen atoms in total. The van der Waals surface area contributed by atoms with Crippen LogP contribution in [0.15, 0.2) is 63.2 Å². The highest BCUT2D eigenvalue weighted by Gasteiger charge is 2.48. The number of hydrogen-bond donors (Lipinski definition) is 3. The number of anilines is 1. The van der Waals surface area contributed by atoms with Crippen LogP contribution in [0.4, 0.5) is 23.7 Å². The zero-order chi connectivity index (χ0) is 28.1. The Morgan fingerprint density at radius 3 is 2.32 bits per heavy atom. The summed E-state index contributed by atoms with van der Waals surface area (Å²) in [7, 11) is -10.5. The molecule has 2 aromatic rings. The van der Waals surface area contributed by atoms with Gasteiger partial charge in [-0.05, 0) is 36.8 Å². The summed E-state index contributed by atoms with van der Waals surface area (Å²) in [5, 5.41) is 10.9. The van der Waals surface area contributed by atoms with Gasteiger partial charge in [0.25, 0.3) is 9.84 Å². The van der Waals surface area contributed by atoms with Gasteiger partial charge in [0.1, 0.15) is 4.90 Å². The Morgan fingerprint density at radius 2 is 1.76 bits per heavy atom. The smallest absolute Gasteiger partial charge is 0.432 e. The molecular formula is C22H27F3N4O6S3. The van der Waals surface area contributed by atoms with Gasteiger partial charge in [0.05, 0.1) is 16.6 Å². The highest BCUT2D eigenvalue weighted by molar-refractivity contribution is 7.99. The second-order valence-corrected chi connectivity index (χ2v) is 12.9. The lowest BCUT2D eigenvalue weighted by atomic mass is 10.2. The van der Waals surface area contributed by atoms with Gasteiger partial charge in [0.15, 0.2) is 5.44 Å². The normalized spacial score (nSPS) is 16.5. The number of nitrogens with two attached hydrogens (primary N) is 1. The molecule has 1 aliphatic rings. The van der Waals surface area contributed by atoms with E-state index >= 15 is 0 Å². The van der Waals surface area contributed by atoms with Crippen LogP contribution in [-0.2, 0) is 24.6 Å². The summed E-state index contributed by atoms with van der Waals surface area (Å²) in [5.41, 5.74) is -7.22. The van der Waals surface area contributed by atoms with Crippen LogP contribution in [0.5, 0.6) is 0 Å². The molecule has 3 rings (SSSR count). The van der Waals surface area contributed by atoms with Gasteiger partial charge >= 0.3 is 11.6 Å². The van der Waals surface area contributed by atoms with Crippen molar-refractivity contribution in [2.75, 3.05) is 31.5 Å². The number of hydrogen-bond acceptors (Lipinski definition) is 9. The van der Waals surface area contributed by atoms with Crippen molar-refractivity contribution < 1.29 is 39.5 Å². The van der Waals surface area contributed by atoms with Gasteiger partial charge in [-0.25, -0.2) is 26.8 Å². The Bertz CT molecular complexity index is 1340. The maximum Gasteiger partial charge on any atom is 0.501 e. The topological polar surface area (TPSA) is 148 Å². The van der Waals surface area contributed by atoms with Crippen LogP contribution < -0.4 is 15.8 Å². The van der Waals surface area contributed by atoms with Gasteiger partial charge in [-0.3, -0.25) is 0 Å². The molecule has 1 unspecified atom stereocenters. The van der Waals surface area contributed by atoms with E-state index in [0.717, 1.165) is 23.9 Å². The Balaban J connectivity index is 2.01. The fourth-order valence-corrected chi connectivity index (χ4v) is 6.25. The second-order valence-electron chi connectivity index (χ2n) is 8.23. The van der Waals surface area contributed by atoms with Gasteiger partial charge < -0.3 is 20.3 Å². The number of amides is 1. The minimum atomic E-state index is -5.98. The number of sulfonamides is 1. The van der Waals surface area contributed by atoms with Crippen LogP contribution in [0.25, 0.3) is 0 Å². The molecular weight excluding hydrogens is 569 g/mol. The van der Waals surface area contributed by atoms with Crippen LogP contribution in [0.2, 0.25) is 0 Å². The van der Waals surface area contributed by atoms with E-state index in [4.69, 9.17) is 9.88 Å². The number of nitrogens with one attached hydrogen (secondary N) is 2. The number of primary sulfonamides is 1. The minimum absolute atomic E-state index is 0.196. The number of sulfone groups is 1. The second kappa shape index (κ2) is 12.1. The highest BCUT2D eigenvalue weighted by atomic mass is 32.2. The number of piperazine rings is 1. The lowest BCUT2D eigenvalue weighted by Crippen LogP contribution is -2.48. The van der Waals surface area contributed by atoms with E-state index in [0.29, 0.717) is 37.1 Å². The molecule has 0 aromatic heterocycles.